The van der Waals surface area contributed by atoms with E-state index in [2.05, 4.69) is 15.3 Å². The number of aromatic nitrogens is 2. The molecule has 0 unspecified atom stereocenters. The number of amides is 2. The van der Waals surface area contributed by atoms with E-state index in [4.69, 9.17) is 5.84 Å². The molecule has 0 saturated carbocycles. The van der Waals surface area contributed by atoms with Crippen LogP contribution < -0.4 is 16.6 Å². The fourth-order valence-corrected chi connectivity index (χ4v) is 2.98. The Morgan fingerprint density at radius 2 is 1.79 bits per heavy atom. The zero-order valence-electron chi connectivity index (χ0n) is 12.9. The Hall–Kier alpha value is -2.72. The SMILES string of the molecule is Cc1ccc(-c2cnc(NC(=O)CS(=O)(=O)CC(=O)NN)[nH]2)cc1. The second-order valence-electron chi connectivity index (χ2n) is 5.16. The molecule has 0 bridgehead atoms. The number of nitrogens with one attached hydrogen (secondary N) is 3. The molecule has 10 heteroatoms. The van der Waals surface area contributed by atoms with Gasteiger partial charge in [0.15, 0.2) is 9.84 Å². The van der Waals surface area contributed by atoms with Gasteiger partial charge in [0.25, 0.3) is 0 Å². The number of nitrogens with zero attached hydrogens (tertiary/aromatic N) is 1. The number of rotatable bonds is 6. The smallest absolute Gasteiger partial charge is 0.249 e. The first-order valence-corrected chi connectivity index (χ1v) is 8.73. The molecule has 2 amide bonds. The van der Waals surface area contributed by atoms with Crippen molar-refractivity contribution in [1.82, 2.24) is 15.4 Å². The van der Waals surface area contributed by atoms with E-state index in [1.54, 1.807) is 5.43 Å². The standard InChI is InChI=1S/C14H17N5O4S/c1-9-2-4-10(5-3-9)11-6-16-14(17-11)18-12(20)7-24(22,23)8-13(21)19-15/h2-6H,7-8,15H2,1H3,(H,19,21)(H2,16,17,18,20). The molecule has 1 heterocycles. The highest BCUT2D eigenvalue weighted by Crippen LogP contribution is 2.18. The molecule has 1 aromatic carbocycles. The van der Waals surface area contributed by atoms with E-state index < -0.39 is 33.2 Å². The fraction of sp³-hybridized carbons (Fsp3) is 0.214. The minimum absolute atomic E-state index is 0.119. The summed E-state index contributed by atoms with van der Waals surface area (Å²) in [5.74, 6) is 1.55. The Kier molecular flexibility index (Phi) is 5.31. The molecule has 0 aliphatic carbocycles. The molecule has 128 valence electrons. The van der Waals surface area contributed by atoms with Crippen molar-refractivity contribution in [1.29, 1.82) is 0 Å². The van der Waals surface area contributed by atoms with Crippen molar-refractivity contribution in [2.45, 2.75) is 6.92 Å². The van der Waals surface area contributed by atoms with Crippen LogP contribution in [0.2, 0.25) is 0 Å². The van der Waals surface area contributed by atoms with Crippen molar-refractivity contribution in [3.8, 4) is 11.3 Å². The van der Waals surface area contributed by atoms with Gasteiger partial charge in [0.05, 0.1) is 11.9 Å². The first-order chi connectivity index (χ1) is 11.3. The summed E-state index contributed by atoms with van der Waals surface area (Å²) in [6.45, 7) is 1.97. The lowest BCUT2D eigenvalue weighted by molar-refractivity contribution is -0.118. The molecule has 0 spiro atoms. The van der Waals surface area contributed by atoms with Crippen LogP contribution in [0.3, 0.4) is 0 Å². The number of carbonyl (C=O) groups excluding carboxylic acids is 2. The number of benzene rings is 1. The van der Waals surface area contributed by atoms with Crippen molar-refractivity contribution >= 4 is 27.6 Å². The summed E-state index contributed by atoms with van der Waals surface area (Å²) in [5.41, 5.74) is 4.36. The van der Waals surface area contributed by atoms with E-state index in [0.29, 0.717) is 5.69 Å². The zero-order chi connectivity index (χ0) is 17.7. The van der Waals surface area contributed by atoms with Gasteiger partial charge in [-0.25, -0.2) is 19.2 Å². The third-order valence-corrected chi connectivity index (χ3v) is 4.46. The second kappa shape index (κ2) is 7.23. The van der Waals surface area contributed by atoms with Gasteiger partial charge in [0.2, 0.25) is 17.8 Å². The number of H-pyrrole nitrogens is 1. The van der Waals surface area contributed by atoms with Crippen molar-refractivity contribution in [3.05, 3.63) is 36.0 Å². The molecule has 0 aliphatic heterocycles. The third-order valence-electron chi connectivity index (χ3n) is 3.06. The molecule has 0 aliphatic rings. The summed E-state index contributed by atoms with van der Waals surface area (Å²) in [4.78, 5) is 29.6. The van der Waals surface area contributed by atoms with Crippen LogP contribution in [0.1, 0.15) is 5.56 Å². The van der Waals surface area contributed by atoms with E-state index >= 15 is 0 Å². The quantitative estimate of drug-likeness (QED) is 0.320. The number of aryl methyl sites for hydroxylation is 1. The minimum Gasteiger partial charge on any atom is -0.324 e. The maximum atomic E-state index is 11.8. The third kappa shape index (κ3) is 4.89. The van der Waals surface area contributed by atoms with Gasteiger partial charge >= 0.3 is 0 Å². The topological polar surface area (TPSA) is 147 Å². The summed E-state index contributed by atoms with van der Waals surface area (Å²) >= 11 is 0. The number of sulfone groups is 1. The Labute approximate surface area is 138 Å². The average molecular weight is 351 g/mol. The molecule has 5 N–H and O–H groups in total. The van der Waals surface area contributed by atoms with Crippen LogP contribution in [-0.2, 0) is 19.4 Å². The second-order valence-corrected chi connectivity index (χ2v) is 7.22. The summed E-state index contributed by atoms with van der Waals surface area (Å²) < 4.78 is 23.3. The highest BCUT2D eigenvalue weighted by Gasteiger charge is 2.21. The van der Waals surface area contributed by atoms with E-state index in [-0.39, 0.29) is 5.95 Å². The van der Waals surface area contributed by atoms with Gasteiger partial charge in [-0.05, 0) is 12.5 Å². The largest absolute Gasteiger partial charge is 0.324 e. The van der Waals surface area contributed by atoms with Crippen molar-refractivity contribution in [3.63, 3.8) is 0 Å². The van der Waals surface area contributed by atoms with E-state index in [1.807, 2.05) is 31.2 Å². The van der Waals surface area contributed by atoms with Gasteiger partial charge in [-0.3, -0.25) is 20.3 Å². The maximum Gasteiger partial charge on any atom is 0.249 e. The Bertz CT molecular complexity index is 842. The van der Waals surface area contributed by atoms with E-state index in [0.717, 1.165) is 11.1 Å². The summed E-state index contributed by atoms with van der Waals surface area (Å²) in [7, 11) is -3.91. The molecule has 2 aromatic rings. The average Bonchev–Trinajstić information content (AvgIpc) is 2.94. The van der Waals surface area contributed by atoms with Crippen LogP contribution in [0.4, 0.5) is 5.95 Å². The van der Waals surface area contributed by atoms with Gasteiger partial charge in [-0.15, -0.1) is 0 Å². The highest BCUT2D eigenvalue weighted by molar-refractivity contribution is 7.92. The molecular weight excluding hydrogens is 334 g/mol. The first kappa shape index (κ1) is 17.6. The Morgan fingerprint density at radius 1 is 1.17 bits per heavy atom. The molecule has 9 nitrogen and oxygen atoms in total. The molecule has 2 rings (SSSR count). The van der Waals surface area contributed by atoms with Crippen LogP contribution in [0, 0.1) is 6.92 Å². The number of anilines is 1. The zero-order valence-corrected chi connectivity index (χ0v) is 13.7. The summed E-state index contributed by atoms with van der Waals surface area (Å²) in [5, 5.41) is 2.34. The van der Waals surface area contributed by atoms with Gasteiger partial charge in [0, 0.05) is 0 Å². The molecule has 24 heavy (non-hydrogen) atoms. The number of nitrogens with two attached hydrogens (primary N) is 1. The summed E-state index contributed by atoms with van der Waals surface area (Å²) in [6.07, 6.45) is 1.52. The minimum atomic E-state index is -3.91. The predicted molar refractivity (Wildman–Crippen MR) is 88.4 cm³/mol. The lowest BCUT2D eigenvalue weighted by Crippen LogP contribution is -2.37. The normalized spacial score (nSPS) is 11.1. The van der Waals surface area contributed by atoms with Crippen molar-refractivity contribution < 1.29 is 18.0 Å². The molecule has 0 atom stereocenters. The predicted octanol–water partition coefficient (Wildman–Crippen LogP) is -0.272. The summed E-state index contributed by atoms with van der Waals surface area (Å²) in [6, 6.07) is 7.65. The monoisotopic (exact) mass is 351 g/mol. The first-order valence-electron chi connectivity index (χ1n) is 6.91. The number of hydrazine groups is 1. The van der Waals surface area contributed by atoms with Gasteiger partial charge < -0.3 is 4.98 Å². The van der Waals surface area contributed by atoms with Crippen molar-refractivity contribution in [2.75, 3.05) is 16.8 Å². The number of hydrogen-bond donors (Lipinski definition) is 4. The molecule has 1 aromatic heterocycles. The van der Waals surface area contributed by atoms with E-state index in [9.17, 15) is 18.0 Å². The number of imidazole rings is 1. The van der Waals surface area contributed by atoms with Gasteiger partial charge in [-0.1, -0.05) is 29.8 Å². The number of aromatic amines is 1. The molecule has 0 radical (unpaired) electrons. The van der Waals surface area contributed by atoms with E-state index in [1.165, 1.54) is 6.20 Å². The van der Waals surface area contributed by atoms with Crippen LogP contribution in [0.15, 0.2) is 30.5 Å². The highest BCUT2D eigenvalue weighted by atomic mass is 32.2. The lowest BCUT2D eigenvalue weighted by atomic mass is 10.1. The van der Waals surface area contributed by atoms with Crippen LogP contribution in [0.5, 0.6) is 0 Å². The lowest BCUT2D eigenvalue weighted by Gasteiger charge is -2.04. The number of carbonyl (C=O) groups is 2. The van der Waals surface area contributed by atoms with Crippen molar-refractivity contribution in [2.24, 2.45) is 5.84 Å². The van der Waals surface area contributed by atoms with Crippen LogP contribution in [0.25, 0.3) is 11.3 Å². The molecular formula is C14H17N5O4S. The number of hydrogen-bond acceptors (Lipinski definition) is 6. The Morgan fingerprint density at radius 3 is 2.42 bits per heavy atom. The van der Waals surface area contributed by atoms with Gasteiger partial charge in [-0.2, -0.15) is 0 Å². The van der Waals surface area contributed by atoms with Gasteiger partial charge in [0.1, 0.15) is 11.5 Å². The maximum absolute atomic E-state index is 11.8. The molecule has 0 saturated heterocycles. The fourth-order valence-electron chi connectivity index (χ4n) is 1.92. The Balaban J connectivity index is 2.00. The molecule has 0 fully saturated rings. The van der Waals surface area contributed by atoms with Crippen LogP contribution in [-0.4, -0.2) is 41.7 Å². The van der Waals surface area contributed by atoms with Crippen LogP contribution >= 0.6 is 0 Å².